The van der Waals surface area contributed by atoms with E-state index in [4.69, 9.17) is 9.47 Å². The largest absolute Gasteiger partial charge is 0.463 e. The molecule has 7 atom stereocenters. The van der Waals surface area contributed by atoms with Crippen LogP contribution in [0.25, 0.3) is 0 Å². The molecule has 0 radical (unpaired) electrons. The van der Waals surface area contributed by atoms with Crippen LogP contribution >= 0.6 is 0 Å². The summed E-state index contributed by atoms with van der Waals surface area (Å²) in [6.45, 7) is 5.46. The molecule has 0 unspecified atom stereocenters. The summed E-state index contributed by atoms with van der Waals surface area (Å²) in [7, 11) is 0. The molecule has 0 saturated carbocycles. The van der Waals surface area contributed by atoms with Crippen LogP contribution in [0.2, 0.25) is 0 Å². The van der Waals surface area contributed by atoms with E-state index in [9.17, 15) is 24.3 Å². The molecule has 2 aromatic carbocycles. The van der Waals surface area contributed by atoms with Gasteiger partial charge in [-0.25, -0.2) is 0 Å². The number of ether oxygens (including phenoxy) is 2. The van der Waals surface area contributed by atoms with Gasteiger partial charge in [-0.05, 0) is 38.3 Å². The predicted octanol–water partition coefficient (Wildman–Crippen LogP) is 3.25. The maximum absolute atomic E-state index is 14.9. The molecule has 242 valence electrons. The molecule has 4 heterocycles. The predicted molar refractivity (Wildman–Crippen MR) is 169 cm³/mol. The number of esters is 1. The van der Waals surface area contributed by atoms with Gasteiger partial charge >= 0.3 is 5.97 Å². The van der Waals surface area contributed by atoms with E-state index in [-0.39, 0.29) is 25.5 Å². The lowest BCUT2D eigenvalue weighted by molar-refractivity contribution is -0.153. The molecule has 46 heavy (non-hydrogen) atoms. The van der Waals surface area contributed by atoms with Crippen molar-refractivity contribution in [2.75, 3.05) is 19.8 Å². The van der Waals surface area contributed by atoms with E-state index in [1.807, 2.05) is 93.6 Å². The number of carbonyl (C=O) groups is 4. The van der Waals surface area contributed by atoms with E-state index >= 15 is 0 Å². The number of likely N-dealkylation sites (tertiary alicyclic amines) is 1. The van der Waals surface area contributed by atoms with Crippen LogP contribution in [-0.4, -0.2) is 81.6 Å². The maximum Gasteiger partial charge on any atom is 0.306 e. The molecular formula is C36H41N3O7. The Morgan fingerprint density at radius 3 is 2.35 bits per heavy atom. The zero-order valence-electron chi connectivity index (χ0n) is 26.4. The minimum Gasteiger partial charge on any atom is -0.463 e. The van der Waals surface area contributed by atoms with Crippen molar-refractivity contribution in [3.63, 3.8) is 0 Å². The van der Waals surface area contributed by atoms with Crippen LogP contribution in [-0.2, 0) is 28.7 Å². The number of rotatable bonds is 4. The summed E-state index contributed by atoms with van der Waals surface area (Å²) in [4.78, 5) is 59.6. The summed E-state index contributed by atoms with van der Waals surface area (Å²) in [5, 5.41) is 13.8. The third-order valence-electron chi connectivity index (χ3n) is 9.52. The Labute approximate surface area is 269 Å². The minimum absolute atomic E-state index is 0.0816. The number of nitrogens with one attached hydrogen (secondary N) is 1. The second-order valence-corrected chi connectivity index (χ2v) is 13.3. The molecule has 10 heteroatoms. The molecule has 5 bridgehead atoms. The van der Waals surface area contributed by atoms with Crippen LogP contribution in [0, 0.1) is 11.8 Å². The first kappa shape index (κ1) is 31.7. The number of cyclic esters (lactones) is 1. The maximum atomic E-state index is 14.9. The van der Waals surface area contributed by atoms with Crippen molar-refractivity contribution in [2.24, 2.45) is 11.8 Å². The van der Waals surface area contributed by atoms with Crippen molar-refractivity contribution in [1.82, 2.24) is 15.1 Å². The topological polar surface area (TPSA) is 125 Å². The summed E-state index contributed by atoms with van der Waals surface area (Å²) in [5.41, 5.74) is -0.663. The number of allylic oxidation sites excluding steroid dienone is 1. The first-order valence-electron chi connectivity index (χ1n) is 15.9. The van der Waals surface area contributed by atoms with Crippen LogP contribution in [0.4, 0.5) is 0 Å². The van der Waals surface area contributed by atoms with E-state index in [0.717, 1.165) is 5.56 Å². The summed E-state index contributed by atoms with van der Waals surface area (Å²) in [5.74, 6) is -3.58. The average Bonchev–Trinajstić information content (AvgIpc) is 3.68. The summed E-state index contributed by atoms with van der Waals surface area (Å²) < 4.78 is 12.2. The summed E-state index contributed by atoms with van der Waals surface area (Å²) >= 11 is 0. The molecule has 0 aromatic heterocycles. The van der Waals surface area contributed by atoms with E-state index in [1.165, 1.54) is 4.90 Å². The Bertz CT molecular complexity index is 1540. The average molecular weight is 628 g/mol. The molecule has 4 aliphatic rings. The van der Waals surface area contributed by atoms with Crippen molar-refractivity contribution in [3.05, 3.63) is 96.1 Å². The van der Waals surface area contributed by atoms with Gasteiger partial charge in [0.1, 0.15) is 18.2 Å². The fraction of sp³-hybridized carbons (Fsp3) is 0.444. The van der Waals surface area contributed by atoms with E-state index in [2.05, 4.69) is 5.32 Å². The highest BCUT2D eigenvalue weighted by molar-refractivity contribution is 6.00. The molecular weight excluding hydrogens is 586 g/mol. The zero-order valence-corrected chi connectivity index (χ0v) is 26.4. The van der Waals surface area contributed by atoms with E-state index < -0.39 is 71.6 Å². The third kappa shape index (κ3) is 5.54. The highest BCUT2D eigenvalue weighted by Gasteiger charge is 2.74. The highest BCUT2D eigenvalue weighted by Crippen LogP contribution is 2.57. The number of fused-ring (bicyclic) bond motifs is 2. The molecule has 1 spiro atoms. The normalized spacial score (nSPS) is 31.4. The number of hydrogen-bond acceptors (Lipinski definition) is 7. The Kier molecular flexibility index (Phi) is 8.60. The van der Waals surface area contributed by atoms with Crippen molar-refractivity contribution in [3.8, 4) is 0 Å². The van der Waals surface area contributed by atoms with Gasteiger partial charge in [0.2, 0.25) is 17.7 Å². The smallest absolute Gasteiger partial charge is 0.306 e. The molecule has 0 aliphatic carbocycles. The van der Waals surface area contributed by atoms with Crippen molar-refractivity contribution < 1.29 is 33.8 Å². The van der Waals surface area contributed by atoms with Crippen LogP contribution in [0.5, 0.6) is 0 Å². The molecule has 6 rings (SSSR count). The van der Waals surface area contributed by atoms with Crippen molar-refractivity contribution in [2.45, 2.75) is 69.0 Å². The number of aliphatic hydroxyl groups excluding tert-OH is 1. The fourth-order valence-corrected chi connectivity index (χ4v) is 7.32. The SMILES string of the molecule is CC(C)(C)N1C/C=C\CCC(=O)OC[C@@H](c2ccccc2)NC(=O)[C@@H]2[C@@H]3C=C[C@]4(O3)[C@H](C1=O)N([C@H](CO)c1ccccc1)C(=O)[C@@H]24. The molecule has 2 fully saturated rings. The Hall–Kier alpha value is -4.28. The third-order valence-corrected chi connectivity index (χ3v) is 9.52. The monoisotopic (exact) mass is 627 g/mol. The molecule has 2 aromatic rings. The fourth-order valence-electron chi connectivity index (χ4n) is 7.32. The summed E-state index contributed by atoms with van der Waals surface area (Å²) in [6.07, 6.45) is 7.03. The van der Waals surface area contributed by atoms with Gasteiger partial charge in [-0.3, -0.25) is 19.2 Å². The van der Waals surface area contributed by atoms with Gasteiger partial charge in [-0.1, -0.05) is 85.0 Å². The molecule has 4 aliphatic heterocycles. The molecule has 2 N–H and O–H groups in total. The van der Waals surface area contributed by atoms with Crippen molar-refractivity contribution >= 4 is 23.7 Å². The van der Waals surface area contributed by atoms with Crippen LogP contribution in [0.3, 0.4) is 0 Å². The number of carbonyl (C=O) groups excluding carboxylic acids is 4. The van der Waals surface area contributed by atoms with E-state index in [1.54, 1.807) is 17.1 Å². The molecule has 2 saturated heterocycles. The number of amides is 3. The van der Waals surface area contributed by atoms with Crippen LogP contribution in [0.1, 0.15) is 56.8 Å². The minimum atomic E-state index is -1.42. The Morgan fingerprint density at radius 1 is 0.978 bits per heavy atom. The second kappa shape index (κ2) is 12.5. The highest BCUT2D eigenvalue weighted by atomic mass is 16.5. The van der Waals surface area contributed by atoms with Gasteiger partial charge in [-0.15, -0.1) is 0 Å². The first-order valence-corrected chi connectivity index (χ1v) is 15.9. The lowest BCUT2D eigenvalue weighted by Crippen LogP contribution is -2.60. The van der Waals surface area contributed by atoms with Gasteiger partial charge in [-0.2, -0.15) is 0 Å². The zero-order chi connectivity index (χ0) is 32.6. The Balaban J connectivity index is 1.47. The lowest BCUT2D eigenvalue weighted by atomic mass is 9.74. The van der Waals surface area contributed by atoms with E-state index in [0.29, 0.717) is 12.0 Å². The quantitative estimate of drug-likeness (QED) is 0.394. The van der Waals surface area contributed by atoms with Crippen LogP contribution in [0.15, 0.2) is 85.0 Å². The lowest BCUT2D eigenvalue weighted by Gasteiger charge is -2.43. The molecule has 3 amide bonds. The van der Waals surface area contributed by atoms with Gasteiger partial charge in [0.25, 0.3) is 0 Å². The number of hydrogen-bond donors (Lipinski definition) is 2. The number of aliphatic hydroxyl groups is 1. The van der Waals surface area contributed by atoms with Crippen molar-refractivity contribution in [1.29, 1.82) is 0 Å². The molecule has 10 nitrogen and oxygen atoms in total. The number of nitrogens with zero attached hydrogens (tertiary/aromatic N) is 2. The van der Waals surface area contributed by atoms with Gasteiger partial charge < -0.3 is 29.7 Å². The van der Waals surface area contributed by atoms with Crippen LogP contribution < -0.4 is 5.32 Å². The second-order valence-electron chi connectivity index (χ2n) is 13.3. The van der Waals surface area contributed by atoms with Gasteiger partial charge in [0.05, 0.1) is 36.6 Å². The van der Waals surface area contributed by atoms with Gasteiger partial charge in [0.15, 0.2) is 0 Å². The first-order chi connectivity index (χ1) is 22.1. The number of benzene rings is 2. The standard InChI is InChI=1S/C36H41N3O7/c1-35(2,3)38-20-12-6-11-17-28(41)45-22-25(23-13-7-4-8-14-23)37-32(42)29-27-18-19-36(46-27)30(29)33(43)39(31(36)34(38)44)26(21-40)24-15-9-5-10-16-24/h4-10,12-16,18-19,25-27,29-31,40H,11,17,20-22H2,1-3H3,(H,37,42)/b12-6-/t25-,26+,27-,29+,30+,31-,36+/m0/s1. The Morgan fingerprint density at radius 2 is 1.67 bits per heavy atom. The van der Waals surface area contributed by atoms with Gasteiger partial charge in [0, 0.05) is 18.5 Å². The summed E-state index contributed by atoms with van der Waals surface area (Å²) in [6, 6.07) is 15.7.